The van der Waals surface area contributed by atoms with E-state index in [-0.39, 0.29) is 18.4 Å². The smallest absolute Gasteiger partial charge is 0.162 e. The third kappa shape index (κ3) is 4.88. The average molecular weight is 266 g/mol. The maximum absolute atomic E-state index is 13.1. The van der Waals surface area contributed by atoms with E-state index in [1.807, 2.05) is 13.8 Å². The van der Waals surface area contributed by atoms with Gasteiger partial charge in [0.05, 0.1) is 6.61 Å². The lowest BCUT2D eigenvalue weighted by molar-refractivity contribution is 0.310. The maximum Gasteiger partial charge on any atom is 0.162 e. The molecule has 0 saturated carbocycles. The van der Waals surface area contributed by atoms with Crippen molar-refractivity contribution in [3.63, 3.8) is 0 Å². The van der Waals surface area contributed by atoms with Crippen molar-refractivity contribution in [2.45, 2.75) is 32.7 Å². The van der Waals surface area contributed by atoms with Crippen LogP contribution in [0.25, 0.3) is 0 Å². The van der Waals surface area contributed by atoms with Gasteiger partial charge in [-0.3, -0.25) is 0 Å². The minimum Gasteiger partial charge on any atom is -0.493 e. The number of halogens is 3. The van der Waals surface area contributed by atoms with Gasteiger partial charge in [0.15, 0.2) is 11.6 Å². The van der Waals surface area contributed by atoms with Crippen LogP contribution >= 0.6 is 12.4 Å². The number of hydrogen-bond acceptors (Lipinski definition) is 2. The molecule has 0 bridgehead atoms. The Morgan fingerprint density at radius 3 is 2.41 bits per heavy atom. The summed E-state index contributed by atoms with van der Waals surface area (Å²) in [5.74, 6) is -1.36. The molecular formula is C12H18ClF2NO. The monoisotopic (exact) mass is 265 g/mol. The average Bonchev–Trinajstić information content (AvgIpc) is 2.20. The van der Waals surface area contributed by atoms with Gasteiger partial charge in [0.2, 0.25) is 0 Å². The van der Waals surface area contributed by atoms with Gasteiger partial charge in [-0.15, -0.1) is 12.4 Å². The second-order valence-corrected chi connectivity index (χ2v) is 3.90. The fourth-order valence-electron chi connectivity index (χ4n) is 1.42. The fourth-order valence-corrected chi connectivity index (χ4v) is 1.42. The summed E-state index contributed by atoms with van der Waals surface area (Å²) < 4.78 is 31.5. The van der Waals surface area contributed by atoms with Crippen LogP contribution in [0.4, 0.5) is 8.78 Å². The van der Waals surface area contributed by atoms with E-state index in [1.165, 1.54) is 0 Å². The summed E-state index contributed by atoms with van der Waals surface area (Å²) >= 11 is 0. The summed E-state index contributed by atoms with van der Waals surface area (Å²) in [6.45, 7) is 4.24. The molecule has 1 aromatic carbocycles. The van der Waals surface area contributed by atoms with Crippen molar-refractivity contribution in [3.05, 3.63) is 29.3 Å². The molecule has 17 heavy (non-hydrogen) atoms. The molecule has 0 radical (unpaired) electrons. The predicted octanol–water partition coefficient (Wildman–Crippen LogP) is 3.07. The van der Waals surface area contributed by atoms with Gasteiger partial charge in [-0.1, -0.05) is 6.92 Å². The van der Waals surface area contributed by atoms with Crippen LogP contribution in [0.3, 0.4) is 0 Å². The zero-order chi connectivity index (χ0) is 12.1. The predicted molar refractivity (Wildman–Crippen MR) is 66.7 cm³/mol. The second kappa shape index (κ2) is 7.45. The lowest BCUT2D eigenvalue weighted by atomic mass is 10.1. The first kappa shape index (κ1) is 16.1. The molecule has 2 N–H and O–H groups in total. The van der Waals surface area contributed by atoms with E-state index < -0.39 is 11.6 Å². The van der Waals surface area contributed by atoms with Gasteiger partial charge in [0.1, 0.15) is 5.75 Å². The van der Waals surface area contributed by atoms with Crippen LogP contribution in [0.15, 0.2) is 12.1 Å². The minimum atomic E-state index is -0.889. The molecule has 0 spiro atoms. The molecule has 0 saturated heterocycles. The Kier molecular flexibility index (Phi) is 7.07. The van der Waals surface area contributed by atoms with E-state index in [9.17, 15) is 8.78 Å². The van der Waals surface area contributed by atoms with Gasteiger partial charge < -0.3 is 10.5 Å². The number of hydrogen-bond donors (Lipinski definition) is 1. The van der Waals surface area contributed by atoms with Gasteiger partial charge in [-0.2, -0.15) is 0 Å². The van der Waals surface area contributed by atoms with E-state index in [2.05, 4.69) is 0 Å². The highest BCUT2D eigenvalue weighted by Gasteiger charge is 2.12. The fraction of sp³-hybridized carbons (Fsp3) is 0.500. The summed E-state index contributed by atoms with van der Waals surface area (Å²) in [5.41, 5.74) is 6.25. The number of ether oxygens (including phenoxy) is 1. The van der Waals surface area contributed by atoms with Crippen molar-refractivity contribution in [1.29, 1.82) is 0 Å². The lowest BCUT2D eigenvalue weighted by Gasteiger charge is -2.13. The molecule has 2 nitrogen and oxygen atoms in total. The quantitative estimate of drug-likeness (QED) is 0.888. The summed E-state index contributed by atoms with van der Waals surface area (Å²) in [5, 5.41) is 0. The van der Waals surface area contributed by atoms with Crippen LogP contribution < -0.4 is 10.5 Å². The first-order chi connectivity index (χ1) is 7.54. The van der Waals surface area contributed by atoms with E-state index in [1.54, 1.807) is 0 Å². The Hall–Kier alpha value is -0.870. The van der Waals surface area contributed by atoms with Crippen molar-refractivity contribution in [1.82, 2.24) is 0 Å². The Morgan fingerprint density at radius 2 is 1.88 bits per heavy atom. The largest absolute Gasteiger partial charge is 0.493 e. The van der Waals surface area contributed by atoms with Crippen LogP contribution in [-0.2, 0) is 6.42 Å². The maximum atomic E-state index is 13.1. The van der Waals surface area contributed by atoms with Gasteiger partial charge in [0, 0.05) is 12.1 Å². The summed E-state index contributed by atoms with van der Waals surface area (Å²) in [6.07, 6.45) is 1.28. The molecule has 1 atom stereocenters. The summed E-state index contributed by atoms with van der Waals surface area (Å²) in [7, 11) is 0. The molecular weight excluding hydrogens is 248 g/mol. The summed E-state index contributed by atoms with van der Waals surface area (Å²) in [4.78, 5) is 0. The standard InChI is InChI=1S/C12H17F2NO.ClH/c1-3-4-16-12-7-11(14)10(13)6-9(12)5-8(2)15;/h6-8H,3-5,15H2,1-2H3;1H. The first-order valence-corrected chi connectivity index (χ1v) is 5.41. The SMILES string of the molecule is CCCOc1cc(F)c(F)cc1CC(C)N.Cl. The third-order valence-corrected chi connectivity index (χ3v) is 2.11. The van der Waals surface area contributed by atoms with Crippen molar-refractivity contribution >= 4 is 12.4 Å². The second-order valence-electron chi connectivity index (χ2n) is 3.90. The molecule has 98 valence electrons. The molecule has 0 amide bonds. The molecule has 5 heteroatoms. The van der Waals surface area contributed by atoms with Crippen LogP contribution in [0.5, 0.6) is 5.75 Å². The van der Waals surface area contributed by atoms with Crippen molar-refractivity contribution in [3.8, 4) is 5.75 Å². The third-order valence-electron chi connectivity index (χ3n) is 2.11. The van der Waals surface area contributed by atoms with E-state index in [0.29, 0.717) is 24.3 Å². The molecule has 0 aliphatic heterocycles. The highest BCUT2D eigenvalue weighted by atomic mass is 35.5. The zero-order valence-electron chi connectivity index (χ0n) is 10.0. The topological polar surface area (TPSA) is 35.2 Å². The lowest BCUT2D eigenvalue weighted by Crippen LogP contribution is -2.18. The van der Waals surface area contributed by atoms with Crippen molar-refractivity contribution in [2.75, 3.05) is 6.61 Å². The highest BCUT2D eigenvalue weighted by Crippen LogP contribution is 2.23. The van der Waals surface area contributed by atoms with Crippen LogP contribution in [0, 0.1) is 11.6 Å². The van der Waals surface area contributed by atoms with E-state index in [0.717, 1.165) is 18.6 Å². The Labute approximate surface area is 107 Å². The number of rotatable bonds is 5. The van der Waals surface area contributed by atoms with Crippen LogP contribution in [-0.4, -0.2) is 12.6 Å². The van der Waals surface area contributed by atoms with Crippen LogP contribution in [0.2, 0.25) is 0 Å². The highest BCUT2D eigenvalue weighted by molar-refractivity contribution is 5.85. The molecule has 0 aliphatic carbocycles. The van der Waals surface area contributed by atoms with Crippen LogP contribution in [0.1, 0.15) is 25.8 Å². The zero-order valence-corrected chi connectivity index (χ0v) is 10.8. The number of benzene rings is 1. The van der Waals surface area contributed by atoms with E-state index in [4.69, 9.17) is 10.5 Å². The number of nitrogens with two attached hydrogens (primary N) is 1. The molecule has 1 unspecified atom stereocenters. The Bertz CT molecular complexity index is 359. The summed E-state index contributed by atoms with van der Waals surface area (Å²) in [6, 6.07) is 2.13. The molecule has 0 aromatic heterocycles. The van der Waals surface area contributed by atoms with Gasteiger partial charge in [-0.25, -0.2) is 8.78 Å². The van der Waals surface area contributed by atoms with Gasteiger partial charge >= 0.3 is 0 Å². The first-order valence-electron chi connectivity index (χ1n) is 5.41. The molecule has 0 fully saturated rings. The van der Waals surface area contributed by atoms with Gasteiger partial charge in [-0.05, 0) is 31.4 Å². The minimum absolute atomic E-state index is 0. The molecule has 1 aromatic rings. The van der Waals surface area contributed by atoms with Gasteiger partial charge in [0.25, 0.3) is 0 Å². The Morgan fingerprint density at radius 1 is 1.29 bits per heavy atom. The normalized spacial score (nSPS) is 11.8. The van der Waals surface area contributed by atoms with Crippen molar-refractivity contribution in [2.24, 2.45) is 5.73 Å². The molecule has 0 heterocycles. The molecule has 1 rings (SSSR count). The molecule has 0 aliphatic rings. The van der Waals surface area contributed by atoms with Crippen molar-refractivity contribution < 1.29 is 13.5 Å². The van der Waals surface area contributed by atoms with E-state index >= 15 is 0 Å². The Balaban J connectivity index is 0.00000256.